The third kappa shape index (κ3) is 4.27. The number of hydrogen-bond acceptors (Lipinski definition) is 4. The lowest BCUT2D eigenvalue weighted by Crippen LogP contribution is -2.40. The van der Waals surface area contributed by atoms with Gasteiger partial charge in [0.15, 0.2) is 0 Å². The summed E-state index contributed by atoms with van der Waals surface area (Å²) in [5.74, 6) is -2.68. The molecule has 1 heterocycles. The SMILES string of the molecule is O=C(Nc1ccc(Cl)c(S(=O)(=O)N2CCOCC2)c1)c1ccc(F)cc1F. The van der Waals surface area contributed by atoms with Gasteiger partial charge in [-0.25, -0.2) is 17.2 Å². The zero-order valence-electron chi connectivity index (χ0n) is 13.9. The van der Waals surface area contributed by atoms with Crippen molar-refractivity contribution in [3.63, 3.8) is 0 Å². The highest BCUT2D eigenvalue weighted by Gasteiger charge is 2.28. The first kappa shape index (κ1) is 19.7. The highest BCUT2D eigenvalue weighted by Crippen LogP contribution is 2.28. The lowest BCUT2D eigenvalue weighted by molar-refractivity contribution is 0.0730. The summed E-state index contributed by atoms with van der Waals surface area (Å²) in [6, 6.07) is 6.46. The predicted molar refractivity (Wildman–Crippen MR) is 95.3 cm³/mol. The number of nitrogens with one attached hydrogen (secondary N) is 1. The van der Waals surface area contributed by atoms with Gasteiger partial charge in [0.25, 0.3) is 5.91 Å². The number of sulfonamides is 1. The Morgan fingerprint density at radius 2 is 1.81 bits per heavy atom. The van der Waals surface area contributed by atoms with Crippen molar-refractivity contribution in [2.24, 2.45) is 0 Å². The Balaban J connectivity index is 1.88. The summed E-state index contributed by atoms with van der Waals surface area (Å²) in [6.45, 7) is 0.931. The number of ether oxygens (including phenoxy) is 1. The van der Waals surface area contributed by atoms with Crippen molar-refractivity contribution in [1.82, 2.24) is 4.31 Å². The highest BCUT2D eigenvalue weighted by molar-refractivity contribution is 7.89. The predicted octanol–water partition coefficient (Wildman–Crippen LogP) is 2.89. The van der Waals surface area contributed by atoms with Crippen molar-refractivity contribution < 1.29 is 26.7 Å². The molecular weight excluding hydrogens is 402 g/mol. The summed E-state index contributed by atoms with van der Waals surface area (Å²) in [5.41, 5.74) is -0.260. The van der Waals surface area contributed by atoms with Crippen LogP contribution in [0.4, 0.5) is 14.5 Å². The topological polar surface area (TPSA) is 75.7 Å². The molecule has 1 N–H and O–H groups in total. The third-order valence-corrected chi connectivity index (χ3v) is 6.33. The maximum absolute atomic E-state index is 13.7. The molecular formula is C17H15ClF2N2O4S. The zero-order valence-corrected chi connectivity index (χ0v) is 15.5. The van der Waals surface area contributed by atoms with Crippen LogP contribution >= 0.6 is 11.6 Å². The zero-order chi connectivity index (χ0) is 19.6. The number of amides is 1. The lowest BCUT2D eigenvalue weighted by atomic mass is 10.2. The monoisotopic (exact) mass is 416 g/mol. The van der Waals surface area contributed by atoms with E-state index in [0.717, 1.165) is 12.1 Å². The van der Waals surface area contributed by atoms with Gasteiger partial charge in [-0.15, -0.1) is 0 Å². The molecule has 2 aromatic carbocycles. The van der Waals surface area contributed by atoms with Gasteiger partial charge in [0.2, 0.25) is 10.0 Å². The number of halogens is 3. The number of anilines is 1. The smallest absolute Gasteiger partial charge is 0.258 e. The van der Waals surface area contributed by atoms with Crippen LogP contribution in [0.2, 0.25) is 5.02 Å². The van der Waals surface area contributed by atoms with E-state index < -0.39 is 27.6 Å². The Morgan fingerprint density at radius 1 is 1.11 bits per heavy atom. The summed E-state index contributed by atoms with van der Waals surface area (Å²) in [7, 11) is -3.88. The average molecular weight is 417 g/mol. The molecule has 6 nitrogen and oxygen atoms in total. The van der Waals surface area contributed by atoms with Crippen LogP contribution in [0, 0.1) is 11.6 Å². The molecule has 0 radical (unpaired) electrons. The molecule has 0 spiro atoms. The van der Waals surface area contributed by atoms with Crippen molar-refractivity contribution >= 4 is 33.2 Å². The lowest BCUT2D eigenvalue weighted by Gasteiger charge is -2.26. The Labute approximate surface area is 159 Å². The molecule has 0 bridgehead atoms. The standard InChI is InChI=1S/C17H15ClF2N2O4S/c18-14-4-2-12(21-17(23)13-3-1-11(19)9-15(13)20)10-16(14)27(24,25)22-5-7-26-8-6-22/h1-4,9-10H,5-8H2,(H,21,23). The van der Waals surface area contributed by atoms with E-state index in [0.29, 0.717) is 6.07 Å². The summed E-state index contributed by atoms with van der Waals surface area (Å²) >= 11 is 6.04. The normalized spacial score (nSPS) is 15.5. The van der Waals surface area contributed by atoms with Crippen molar-refractivity contribution in [1.29, 1.82) is 0 Å². The van der Waals surface area contributed by atoms with E-state index in [9.17, 15) is 22.0 Å². The minimum atomic E-state index is -3.88. The van der Waals surface area contributed by atoms with Crippen LogP contribution < -0.4 is 5.32 Å². The van der Waals surface area contributed by atoms with Gasteiger partial charge in [0, 0.05) is 24.8 Å². The van der Waals surface area contributed by atoms with Crippen molar-refractivity contribution in [3.8, 4) is 0 Å². The minimum Gasteiger partial charge on any atom is -0.379 e. The molecule has 0 aromatic heterocycles. The van der Waals surface area contributed by atoms with Gasteiger partial charge in [0.1, 0.15) is 16.5 Å². The quantitative estimate of drug-likeness (QED) is 0.831. The van der Waals surface area contributed by atoms with Crippen molar-refractivity contribution in [3.05, 3.63) is 58.6 Å². The fraction of sp³-hybridized carbons (Fsp3) is 0.235. The van der Waals surface area contributed by atoms with E-state index >= 15 is 0 Å². The van der Waals surface area contributed by atoms with Crippen LogP contribution in [0.15, 0.2) is 41.3 Å². The molecule has 1 aliphatic heterocycles. The van der Waals surface area contributed by atoms with Gasteiger partial charge in [-0.3, -0.25) is 4.79 Å². The summed E-state index contributed by atoms with van der Waals surface area (Å²) in [6.07, 6.45) is 0. The second-order valence-corrected chi connectivity index (χ2v) is 8.05. The fourth-order valence-electron chi connectivity index (χ4n) is 2.58. The molecule has 3 rings (SSSR count). The number of nitrogens with zero attached hydrogens (tertiary/aromatic N) is 1. The first-order chi connectivity index (χ1) is 12.8. The molecule has 0 unspecified atom stereocenters. The van der Waals surface area contributed by atoms with Crippen LogP contribution in [0.5, 0.6) is 0 Å². The Morgan fingerprint density at radius 3 is 2.48 bits per heavy atom. The first-order valence-corrected chi connectivity index (χ1v) is 9.75. The van der Waals surface area contributed by atoms with E-state index in [1.807, 2.05) is 0 Å². The molecule has 0 saturated carbocycles. The second kappa shape index (κ2) is 7.89. The number of hydrogen-bond donors (Lipinski definition) is 1. The van der Waals surface area contributed by atoms with Gasteiger partial charge in [-0.2, -0.15) is 4.31 Å². The van der Waals surface area contributed by atoms with Crippen LogP contribution in [0.25, 0.3) is 0 Å². The molecule has 1 fully saturated rings. The molecule has 0 atom stereocenters. The number of rotatable bonds is 4. The number of morpholine rings is 1. The number of carbonyl (C=O) groups excluding carboxylic acids is 1. The van der Waals surface area contributed by atoms with E-state index in [4.69, 9.17) is 16.3 Å². The van der Waals surface area contributed by atoms with E-state index in [2.05, 4.69) is 5.32 Å². The molecule has 0 aliphatic carbocycles. The third-order valence-electron chi connectivity index (χ3n) is 3.95. The van der Waals surface area contributed by atoms with Crippen LogP contribution in [-0.4, -0.2) is 44.9 Å². The molecule has 10 heteroatoms. The molecule has 144 valence electrons. The number of benzene rings is 2. The molecule has 2 aromatic rings. The van der Waals surface area contributed by atoms with Gasteiger partial charge in [-0.1, -0.05) is 11.6 Å². The van der Waals surface area contributed by atoms with Gasteiger partial charge in [-0.05, 0) is 30.3 Å². The second-order valence-electron chi connectivity index (χ2n) is 5.74. The average Bonchev–Trinajstić information content (AvgIpc) is 2.63. The van der Waals surface area contributed by atoms with Crippen LogP contribution in [0.3, 0.4) is 0 Å². The molecule has 1 saturated heterocycles. The van der Waals surface area contributed by atoms with Crippen LogP contribution in [0.1, 0.15) is 10.4 Å². The van der Waals surface area contributed by atoms with Gasteiger partial charge >= 0.3 is 0 Å². The van der Waals surface area contributed by atoms with E-state index in [-0.39, 0.29) is 47.5 Å². The summed E-state index contributed by atoms with van der Waals surface area (Å²) < 4.78 is 58.7. The fourth-order valence-corrected chi connectivity index (χ4v) is 4.49. The summed E-state index contributed by atoms with van der Waals surface area (Å²) in [5, 5.41) is 2.39. The largest absolute Gasteiger partial charge is 0.379 e. The maximum Gasteiger partial charge on any atom is 0.258 e. The molecule has 27 heavy (non-hydrogen) atoms. The first-order valence-electron chi connectivity index (χ1n) is 7.93. The molecule has 1 aliphatic rings. The Bertz CT molecular complexity index is 979. The Hall–Kier alpha value is -2.07. The van der Waals surface area contributed by atoms with E-state index in [1.165, 1.54) is 22.5 Å². The molecule has 1 amide bonds. The van der Waals surface area contributed by atoms with Crippen molar-refractivity contribution in [2.45, 2.75) is 4.90 Å². The highest BCUT2D eigenvalue weighted by atomic mass is 35.5. The Kier molecular flexibility index (Phi) is 5.75. The van der Waals surface area contributed by atoms with Gasteiger partial charge < -0.3 is 10.1 Å². The minimum absolute atomic E-state index is 0.00699. The maximum atomic E-state index is 13.7. The van der Waals surface area contributed by atoms with Crippen molar-refractivity contribution in [2.75, 3.05) is 31.6 Å². The van der Waals surface area contributed by atoms with Gasteiger partial charge in [0.05, 0.1) is 23.8 Å². The van der Waals surface area contributed by atoms with E-state index in [1.54, 1.807) is 0 Å². The summed E-state index contributed by atoms with van der Waals surface area (Å²) in [4.78, 5) is 12.0. The number of carbonyl (C=O) groups is 1. The van der Waals surface area contributed by atoms with Crippen LogP contribution in [-0.2, 0) is 14.8 Å².